The van der Waals surface area contributed by atoms with Gasteiger partial charge in [-0.15, -0.1) is 0 Å². The van der Waals surface area contributed by atoms with Crippen LogP contribution in [0.4, 0.5) is 11.4 Å². The van der Waals surface area contributed by atoms with Crippen molar-refractivity contribution in [3.8, 4) is 0 Å². The van der Waals surface area contributed by atoms with Gasteiger partial charge < -0.3 is 15.1 Å². The molecule has 0 aliphatic heterocycles. The molecule has 0 radical (unpaired) electrons. The van der Waals surface area contributed by atoms with E-state index >= 15 is 0 Å². The molecule has 3 aromatic rings. The predicted molar refractivity (Wildman–Crippen MR) is 102 cm³/mol. The second kappa shape index (κ2) is 7.64. The number of nitrogens with one attached hydrogen (secondary N) is 2. The molecule has 5 nitrogen and oxygen atoms in total. The van der Waals surface area contributed by atoms with Crippen molar-refractivity contribution >= 4 is 46.4 Å². The van der Waals surface area contributed by atoms with Gasteiger partial charge in [0, 0.05) is 16.9 Å². The molecule has 7 heteroatoms. The minimum Gasteiger partial charge on any atom is -0.459 e. The molecular weight excluding hydrogens is 375 g/mol. The monoisotopic (exact) mass is 388 g/mol. The van der Waals surface area contributed by atoms with Crippen LogP contribution in [0.15, 0.2) is 59.2 Å². The molecule has 0 saturated heterocycles. The largest absolute Gasteiger partial charge is 0.459 e. The zero-order valence-electron chi connectivity index (χ0n) is 13.7. The van der Waals surface area contributed by atoms with Crippen LogP contribution < -0.4 is 10.6 Å². The molecule has 0 aliphatic carbocycles. The third-order valence-corrected chi connectivity index (χ3v) is 4.41. The van der Waals surface area contributed by atoms with E-state index in [0.29, 0.717) is 27.0 Å². The SMILES string of the molecule is Cc1ccc(C(=O)Nc2ccc(Cl)c(Cl)c2)cc1NC(=O)c1ccco1. The van der Waals surface area contributed by atoms with E-state index in [0.717, 1.165) is 5.56 Å². The van der Waals surface area contributed by atoms with Crippen LogP contribution in [0.25, 0.3) is 0 Å². The quantitative estimate of drug-likeness (QED) is 0.628. The van der Waals surface area contributed by atoms with Gasteiger partial charge in [-0.2, -0.15) is 0 Å². The Morgan fingerprint density at radius 3 is 2.42 bits per heavy atom. The number of amides is 2. The maximum Gasteiger partial charge on any atom is 0.291 e. The summed E-state index contributed by atoms with van der Waals surface area (Å²) in [5.41, 5.74) is 2.24. The molecule has 2 N–H and O–H groups in total. The average molecular weight is 389 g/mol. The first-order valence-electron chi connectivity index (χ1n) is 7.66. The normalized spacial score (nSPS) is 10.4. The fourth-order valence-electron chi connectivity index (χ4n) is 2.27. The Kier molecular flexibility index (Phi) is 5.30. The summed E-state index contributed by atoms with van der Waals surface area (Å²) in [5, 5.41) is 6.23. The van der Waals surface area contributed by atoms with Crippen molar-refractivity contribution in [1.29, 1.82) is 0 Å². The molecule has 132 valence electrons. The lowest BCUT2D eigenvalue weighted by molar-refractivity contribution is 0.0993. The number of rotatable bonds is 4. The highest BCUT2D eigenvalue weighted by Gasteiger charge is 2.13. The summed E-state index contributed by atoms with van der Waals surface area (Å²) >= 11 is 11.8. The van der Waals surface area contributed by atoms with E-state index in [9.17, 15) is 9.59 Å². The molecule has 3 rings (SSSR count). The van der Waals surface area contributed by atoms with Crippen molar-refractivity contribution in [3.63, 3.8) is 0 Å². The molecule has 0 aliphatic rings. The van der Waals surface area contributed by atoms with Crippen LogP contribution in [0.3, 0.4) is 0 Å². The van der Waals surface area contributed by atoms with Crippen molar-refractivity contribution in [2.75, 3.05) is 10.6 Å². The van der Waals surface area contributed by atoms with Crippen molar-refractivity contribution < 1.29 is 14.0 Å². The number of benzene rings is 2. The number of hydrogen-bond donors (Lipinski definition) is 2. The van der Waals surface area contributed by atoms with Crippen LogP contribution in [0.2, 0.25) is 10.0 Å². The second-order valence-electron chi connectivity index (χ2n) is 5.54. The van der Waals surface area contributed by atoms with Gasteiger partial charge in [0.05, 0.1) is 16.3 Å². The molecule has 26 heavy (non-hydrogen) atoms. The first kappa shape index (κ1) is 18.0. The Balaban J connectivity index is 1.78. The van der Waals surface area contributed by atoms with Gasteiger partial charge in [-0.05, 0) is 55.0 Å². The van der Waals surface area contributed by atoms with Gasteiger partial charge in [0.15, 0.2) is 5.76 Å². The van der Waals surface area contributed by atoms with E-state index < -0.39 is 0 Å². The Hall–Kier alpha value is -2.76. The zero-order chi connectivity index (χ0) is 18.7. The molecule has 2 aromatic carbocycles. The second-order valence-corrected chi connectivity index (χ2v) is 6.36. The molecule has 1 heterocycles. The molecule has 0 fully saturated rings. The van der Waals surface area contributed by atoms with Gasteiger partial charge in [-0.1, -0.05) is 29.3 Å². The third kappa shape index (κ3) is 4.07. The molecule has 0 atom stereocenters. The average Bonchev–Trinajstić information content (AvgIpc) is 3.15. The number of aryl methyl sites for hydroxylation is 1. The Morgan fingerprint density at radius 2 is 1.73 bits per heavy atom. The molecule has 0 spiro atoms. The fourth-order valence-corrected chi connectivity index (χ4v) is 2.56. The maximum atomic E-state index is 12.5. The van der Waals surface area contributed by atoms with Crippen LogP contribution in [0, 0.1) is 6.92 Å². The van der Waals surface area contributed by atoms with E-state index in [-0.39, 0.29) is 17.6 Å². The first-order chi connectivity index (χ1) is 12.4. The summed E-state index contributed by atoms with van der Waals surface area (Å²) in [6, 6.07) is 13.0. The van der Waals surface area contributed by atoms with Crippen LogP contribution in [0.1, 0.15) is 26.5 Å². The highest BCUT2D eigenvalue weighted by Crippen LogP contribution is 2.26. The van der Waals surface area contributed by atoms with Crippen molar-refractivity contribution in [2.24, 2.45) is 0 Å². The molecule has 2 amide bonds. The zero-order valence-corrected chi connectivity index (χ0v) is 15.2. The summed E-state index contributed by atoms with van der Waals surface area (Å²) < 4.78 is 5.07. The van der Waals surface area contributed by atoms with Crippen molar-refractivity contribution in [1.82, 2.24) is 0 Å². The van der Waals surface area contributed by atoms with Crippen molar-refractivity contribution in [2.45, 2.75) is 6.92 Å². The number of anilines is 2. The summed E-state index contributed by atoms with van der Waals surface area (Å²) in [5.74, 6) is -0.535. The van der Waals surface area contributed by atoms with E-state index in [1.165, 1.54) is 6.26 Å². The van der Waals surface area contributed by atoms with E-state index in [4.69, 9.17) is 27.6 Å². The summed E-state index contributed by atoms with van der Waals surface area (Å²) in [6.45, 7) is 1.83. The van der Waals surface area contributed by atoms with Gasteiger partial charge >= 0.3 is 0 Å². The summed E-state index contributed by atoms with van der Waals surface area (Å²) in [6.07, 6.45) is 1.42. The van der Waals surface area contributed by atoms with Gasteiger partial charge in [-0.25, -0.2) is 0 Å². The minimum atomic E-state index is -0.389. The van der Waals surface area contributed by atoms with Crippen molar-refractivity contribution in [3.05, 3.63) is 81.7 Å². The number of carbonyl (C=O) groups is 2. The molecule has 0 unspecified atom stereocenters. The molecule has 0 saturated carbocycles. The maximum absolute atomic E-state index is 12.5. The standard InChI is InChI=1S/C19H14Cl2N2O3/c1-11-4-5-12(9-16(11)23-19(25)17-3-2-8-26-17)18(24)22-13-6-7-14(20)15(21)10-13/h2-10H,1H3,(H,22,24)(H,23,25). The van der Waals surface area contributed by atoms with E-state index in [1.54, 1.807) is 48.5 Å². The Morgan fingerprint density at radius 1 is 0.923 bits per heavy atom. The number of halogens is 2. The first-order valence-corrected chi connectivity index (χ1v) is 8.41. The molecule has 1 aromatic heterocycles. The van der Waals surface area contributed by atoms with Gasteiger partial charge in [0.2, 0.25) is 0 Å². The number of hydrogen-bond acceptors (Lipinski definition) is 3. The van der Waals surface area contributed by atoms with Crippen LogP contribution in [-0.4, -0.2) is 11.8 Å². The highest BCUT2D eigenvalue weighted by molar-refractivity contribution is 6.42. The van der Waals surface area contributed by atoms with Gasteiger partial charge in [0.25, 0.3) is 11.8 Å². The lowest BCUT2D eigenvalue weighted by Gasteiger charge is -2.11. The molecular formula is C19H14Cl2N2O3. The lowest BCUT2D eigenvalue weighted by atomic mass is 10.1. The van der Waals surface area contributed by atoms with Gasteiger partial charge in [-0.3, -0.25) is 9.59 Å². The smallest absolute Gasteiger partial charge is 0.291 e. The van der Waals surface area contributed by atoms with Crippen LogP contribution >= 0.6 is 23.2 Å². The van der Waals surface area contributed by atoms with Crippen LogP contribution in [0.5, 0.6) is 0 Å². The topological polar surface area (TPSA) is 71.3 Å². The third-order valence-electron chi connectivity index (χ3n) is 3.67. The molecule has 0 bridgehead atoms. The Bertz CT molecular complexity index is 969. The predicted octanol–water partition coefficient (Wildman–Crippen LogP) is 5.40. The van der Waals surface area contributed by atoms with Gasteiger partial charge in [0.1, 0.15) is 0 Å². The van der Waals surface area contributed by atoms with E-state index in [2.05, 4.69) is 10.6 Å². The summed E-state index contributed by atoms with van der Waals surface area (Å²) in [7, 11) is 0. The fraction of sp³-hybridized carbons (Fsp3) is 0.0526. The minimum absolute atomic E-state index is 0.190. The van der Waals surface area contributed by atoms with Crippen LogP contribution in [-0.2, 0) is 0 Å². The lowest BCUT2D eigenvalue weighted by Crippen LogP contribution is -2.15. The number of furan rings is 1. The Labute approximate surface area is 159 Å². The number of carbonyl (C=O) groups excluding carboxylic acids is 2. The highest BCUT2D eigenvalue weighted by atomic mass is 35.5. The van der Waals surface area contributed by atoms with E-state index in [1.807, 2.05) is 6.92 Å². The summed E-state index contributed by atoms with van der Waals surface area (Å²) in [4.78, 5) is 24.6.